The van der Waals surface area contributed by atoms with E-state index in [2.05, 4.69) is 27.4 Å². The quantitative estimate of drug-likeness (QED) is 0.368. The van der Waals surface area contributed by atoms with Crippen molar-refractivity contribution in [1.29, 1.82) is 0 Å². The minimum atomic E-state index is 0.832. The van der Waals surface area contributed by atoms with Crippen LogP contribution in [0.15, 0.2) is 12.2 Å². The summed E-state index contributed by atoms with van der Waals surface area (Å²) in [6, 6.07) is 0. The number of allylic oxidation sites excluding steroid dienone is 1. The van der Waals surface area contributed by atoms with Crippen molar-refractivity contribution in [2.75, 3.05) is 0 Å². The summed E-state index contributed by atoms with van der Waals surface area (Å²) >= 11 is 0. The van der Waals surface area contributed by atoms with Gasteiger partial charge >= 0.3 is 0 Å². The lowest BCUT2D eigenvalue weighted by Gasteiger charge is -2.10. The molecule has 1 atom stereocenters. The zero-order chi connectivity index (χ0) is 10.1. The first-order chi connectivity index (χ1) is 6.20. The number of unbranched alkanes of at least 4 members (excludes halogenated alkanes) is 3. The summed E-state index contributed by atoms with van der Waals surface area (Å²) in [5, 5.41) is 0. The Labute approximate surface area is 84.4 Å². The van der Waals surface area contributed by atoms with Gasteiger partial charge in [-0.25, -0.2) is 0 Å². The molecule has 0 aliphatic rings. The van der Waals surface area contributed by atoms with Crippen molar-refractivity contribution in [1.82, 2.24) is 0 Å². The van der Waals surface area contributed by atoms with Crippen molar-refractivity contribution in [3.63, 3.8) is 0 Å². The van der Waals surface area contributed by atoms with Gasteiger partial charge in [0.05, 0.1) is 0 Å². The molecule has 0 aromatic heterocycles. The molecule has 0 saturated heterocycles. The maximum Gasteiger partial charge on any atom is -0.0297 e. The van der Waals surface area contributed by atoms with Crippen molar-refractivity contribution < 1.29 is 0 Å². The van der Waals surface area contributed by atoms with Gasteiger partial charge in [0.15, 0.2) is 0 Å². The molecule has 0 heterocycles. The van der Waals surface area contributed by atoms with Crippen molar-refractivity contribution in [3.05, 3.63) is 12.2 Å². The number of hydrogen-bond acceptors (Lipinski definition) is 0. The van der Waals surface area contributed by atoms with Gasteiger partial charge in [-0.3, -0.25) is 0 Å². The summed E-state index contributed by atoms with van der Waals surface area (Å²) in [6.45, 7) is 11.0. The van der Waals surface area contributed by atoms with E-state index in [-0.39, 0.29) is 0 Å². The molecule has 0 spiro atoms. The highest BCUT2D eigenvalue weighted by Crippen LogP contribution is 2.18. The predicted octanol–water partition coefficient (Wildman–Crippen LogP) is 4.95. The van der Waals surface area contributed by atoms with Gasteiger partial charge in [0, 0.05) is 0 Å². The molecule has 0 bridgehead atoms. The van der Waals surface area contributed by atoms with Crippen LogP contribution in [-0.4, -0.2) is 0 Å². The van der Waals surface area contributed by atoms with Gasteiger partial charge in [-0.1, -0.05) is 58.6 Å². The van der Waals surface area contributed by atoms with Crippen molar-refractivity contribution in [2.24, 2.45) is 5.92 Å². The maximum absolute atomic E-state index is 4.14. The number of hydrogen-bond donors (Lipinski definition) is 0. The topological polar surface area (TPSA) is 0 Å². The van der Waals surface area contributed by atoms with Crippen LogP contribution in [0.25, 0.3) is 0 Å². The molecule has 0 amide bonds. The zero-order valence-electron chi connectivity index (χ0n) is 9.73. The lowest BCUT2D eigenvalue weighted by Crippen LogP contribution is -1.94. The molecular formula is C13H26. The van der Waals surface area contributed by atoms with Crippen LogP contribution in [0, 0.1) is 5.92 Å². The minimum absolute atomic E-state index is 0.832. The van der Waals surface area contributed by atoms with Crippen LogP contribution >= 0.6 is 0 Å². The third-order valence-corrected chi connectivity index (χ3v) is 2.72. The fourth-order valence-corrected chi connectivity index (χ4v) is 1.54. The average molecular weight is 182 g/mol. The molecule has 0 saturated carbocycles. The highest BCUT2D eigenvalue weighted by molar-refractivity contribution is 4.94. The molecule has 0 aromatic carbocycles. The van der Waals surface area contributed by atoms with E-state index in [0.29, 0.717) is 0 Å². The van der Waals surface area contributed by atoms with E-state index in [1.54, 1.807) is 0 Å². The summed E-state index contributed by atoms with van der Waals surface area (Å²) in [5.41, 5.74) is 1.46. The SMILES string of the molecule is C=C(CCCCCC)CC(C)CC. The van der Waals surface area contributed by atoms with E-state index in [9.17, 15) is 0 Å². The fraction of sp³-hybridized carbons (Fsp3) is 0.846. The number of rotatable bonds is 8. The predicted molar refractivity (Wildman–Crippen MR) is 62.0 cm³/mol. The first-order valence-corrected chi connectivity index (χ1v) is 5.87. The molecule has 0 aliphatic carbocycles. The third-order valence-electron chi connectivity index (χ3n) is 2.72. The van der Waals surface area contributed by atoms with E-state index in [0.717, 1.165) is 5.92 Å². The molecular weight excluding hydrogens is 156 g/mol. The lowest BCUT2D eigenvalue weighted by molar-refractivity contribution is 0.539. The van der Waals surface area contributed by atoms with Crippen LogP contribution in [0.3, 0.4) is 0 Å². The Morgan fingerprint density at radius 3 is 2.38 bits per heavy atom. The summed E-state index contributed by atoms with van der Waals surface area (Å²) < 4.78 is 0. The van der Waals surface area contributed by atoms with Crippen LogP contribution < -0.4 is 0 Å². The average Bonchev–Trinajstić information content (AvgIpc) is 2.12. The molecule has 0 aliphatic heterocycles. The summed E-state index contributed by atoms with van der Waals surface area (Å²) in [5.74, 6) is 0.832. The second-order valence-electron chi connectivity index (χ2n) is 4.28. The van der Waals surface area contributed by atoms with Gasteiger partial charge in [-0.05, 0) is 25.2 Å². The Bertz CT molecular complexity index is 124. The van der Waals surface area contributed by atoms with Crippen LogP contribution in [0.1, 0.15) is 65.7 Å². The fourth-order valence-electron chi connectivity index (χ4n) is 1.54. The normalized spacial score (nSPS) is 12.8. The Morgan fingerprint density at radius 2 is 1.85 bits per heavy atom. The standard InChI is InChI=1S/C13H26/c1-5-7-8-9-10-13(4)11-12(3)6-2/h12H,4-11H2,1-3H3. The first kappa shape index (κ1) is 12.7. The van der Waals surface area contributed by atoms with E-state index in [1.165, 1.54) is 50.5 Å². The third kappa shape index (κ3) is 8.08. The van der Waals surface area contributed by atoms with Gasteiger partial charge in [0.25, 0.3) is 0 Å². The Kier molecular flexibility index (Phi) is 8.18. The molecule has 0 heteroatoms. The summed E-state index contributed by atoms with van der Waals surface area (Å²) in [7, 11) is 0. The first-order valence-electron chi connectivity index (χ1n) is 5.87. The van der Waals surface area contributed by atoms with Gasteiger partial charge < -0.3 is 0 Å². The summed E-state index contributed by atoms with van der Waals surface area (Å²) in [6.07, 6.45) is 9.23. The molecule has 0 N–H and O–H groups in total. The van der Waals surface area contributed by atoms with E-state index in [1.807, 2.05) is 0 Å². The van der Waals surface area contributed by atoms with E-state index in [4.69, 9.17) is 0 Å². The van der Waals surface area contributed by atoms with E-state index < -0.39 is 0 Å². The molecule has 0 radical (unpaired) electrons. The van der Waals surface area contributed by atoms with Gasteiger partial charge in [-0.15, -0.1) is 0 Å². The highest BCUT2D eigenvalue weighted by atomic mass is 14.1. The van der Waals surface area contributed by atoms with Crippen LogP contribution in [0.5, 0.6) is 0 Å². The van der Waals surface area contributed by atoms with E-state index >= 15 is 0 Å². The Balaban J connectivity index is 3.30. The molecule has 0 fully saturated rings. The van der Waals surface area contributed by atoms with Crippen LogP contribution in [-0.2, 0) is 0 Å². The second-order valence-corrected chi connectivity index (χ2v) is 4.28. The van der Waals surface area contributed by atoms with Crippen molar-refractivity contribution >= 4 is 0 Å². The highest BCUT2D eigenvalue weighted by Gasteiger charge is 2.01. The zero-order valence-corrected chi connectivity index (χ0v) is 9.73. The molecule has 0 aromatic rings. The van der Waals surface area contributed by atoms with Crippen molar-refractivity contribution in [3.8, 4) is 0 Å². The van der Waals surface area contributed by atoms with Gasteiger partial charge in [0.1, 0.15) is 0 Å². The maximum atomic E-state index is 4.14. The van der Waals surface area contributed by atoms with Crippen LogP contribution in [0.4, 0.5) is 0 Å². The van der Waals surface area contributed by atoms with Gasteiger partial charge in [0.2, 0.25) is 0 Å². The smallest absolute Gasteiger partial charge is 0.0297 e. The van der Waals surface area contributed by atoms with Crippen molar-refractivity contribution in [2.45, 2.75) is 65.7 Å². The minimum Gasteiger partial charge on any atom is -0.0999 e. The molecule has 13 heavy (non-hydrogen) atoms. The molecule has 0 rings (SSSR count). The summed E-state index contributed by atoms with van der Waals surface area (Å²) in [4.78, 5) is 0. The molecule has 1 unspecified atom stereocenters. The van der Waals surface area contributed by atoms with Gasteiger partial charge in [-0.2, -0.15) is 0 Å². The Morgan fingerprint density at radius 1 is 1.15 bits per heavy atom. The second kappa shape index (κ2) is 8.34. The lowest BCUT2D eigenvalue weighted by atomic mass is 9.96. The largest absolute Gasteiger partial charge is 0.0999 e. The van der Waals surface area contributed by atoms with Crippen LogP contribution in [0.2, 0.25) is 0 Å². The Hall–Kier alpha value is -0.260. The molecule has 78 valence electrons. The monoisotopic (exact) mass is 182 g/mol. The molecule has 0 nitrogen and oxygen atoms in total.